The van der Waals surface area contributed by atoms with E-state index in [9.17, 15) is 10.1 Å². The lowest BCUT2D eigenvalue weighted by Gasteiger charge is -2.31. The summed E-state index contributed by atoms with van der Waals surface area (Å²) in [5.41, 5.74) is 0.996. The molecule has 0 aliphatic carbocycles. The van der Waals surface area contributed by atoms with Crippen molar-refractivity contribution in [3.63, 3.8) is 0 Å². The SMILES string of the molecule is CNC1CCN(Cc2ccc(OC)c([N+](=O)[O-])c2)CC1.Cl. The number of nitrogens with zero attached hydrogens (tertiary/aromatic N) is 2. The molecule has 0 unspecified atom stereocenters. The predicted octanol–water partition coefficient (Wildman–Crippen LogP) is 2.21. The Morgan fingerprint density at radius 1 is 1.43 bits per heavy atom. The molecular weight excluding hydrogens is 294 g/mol. The highest BCUT2D eigenvalue weighted by Gasteiger charge is 2.20. The predicted molar refractivity (Wildman–Crippen MR) is 84.3 cm³/mol. The van der Waals surface area contributed by atoms with Crippen LogP contribution in [-0.4, -0.2) is 43.1 Å². The van der Waals surface area contributed by atoms with Gasteiger partial charge in [0.15, 0.2) is 5.75 Å². The Bertz CT molecular complexity index is 477. The average molecular weight is 316 g/mol. The molecule has 1 aliphatic rings. The number of hydrogen-bond donors (Lipinski definition) is 1. The second-order valence-corrected chi connectivity index (χ2v) is 5.10. The number of rotatable bonds is 5. The zero-order valence-corrected chi connectivity index (χ0v) is 13.2. The summed E-state index contributed by atoms with van der Waals surface area (Å²) in [6, 6.07) is 5.78. The van der Waals surface area contributed by atoms with Crippen LogP contribution in [0.15, 0.2) is 18.2 Å². The first-order valence-electron chi connectivity index (χ1n) is 6.85. The van der Waals surface area contributed by atoms with E-state index in [2.05, 4.69) is 10.2 Å². The molecular formula is C14H22ClN3O3. The van der Waals surface area contributed by atoms with Crippen molar-refractivity contribution in [2.24, 2.45) is 0 Å². The number of methoxy groups -OCH3 is 1. The molecule has 1 fully saturated rings. The highest BCUT2D eigenvalue weighted by molar-refractivity contribution is 5.85. The van der Waals surface area contributed by atoms with Gasteiger partial charge in [-0.05, 0) is 44.6 Å². The van der Waals surface area contributed by atoms with Gasteiger partial charge in [-0.2, -0.15) is 0 Å². The first kappa shape index (κ1) is 17.7. The van der Waals surface area contributed by atoms with Crippen molar-refractivity contribution in [3.05, 3.63) is 33.9 Å². The zero-order chi connectivity index (χ0) is 14.5. The Balaban J connectivity index is 0.00000220. The van der Waals surface area contributed by atoms with Gasteiger partial charge in [0.1, 0.15) is 0 Å². The summed E-state index contributed by atoms with van der Waals surface area (Å²) in [5, 5.41) is 14.3. The molecule has 0 radical (unpaired) electrons. The smallest absolute Gasteiger partial charge is 0.311 e. The topological polar surface area (TPSA) is 67.6 Å². The third kappa shape index (κ3) is 4.56. The van der Waals surface area contributed by atoms with Gasteiger partial charge in [-0.15, -0.1) is 12.4 Å². The van der Waals surface area contributed by atoms with Crippen LogP contribution in [0.1, 0.15) is 18.4 Å². The first-order chi connectivity index (χ1) is 9.63. The maximum absolute atomic E-state index is 11.0. The number of hydrogen-bond acceptors (Lipinski definition) is 5. The number of nitro groups is 1. The van der Waals surface area contributed by atoms with Crippen LogP contribution in [0, 0.1) is 10.1 Å². The van der Waals surface area contributed by atoms with E-state index >= 15 is 0 Å². The van der Waals surface area contributed by atoms with Crippen LogP contribution < -0.4 is 10.1 Å². The van der Waals surface area contributed by atoms with Gasteiger partial charge in [-0.3, -0.25) is 15.0 Å². The summed E-state index contributed by atoms with van der Waals surface area (Å²) >= 11 is 0. The minimum atomic E-state index is -0.393. The van der Waals surface area contributed by atoms with Crippen LogP contribution in [0.25, 0.3) is 0 Å². The number of ether oxygens (including phenoxy) is 1. The van der Waals surface area contributed by atoms with Crippen molar-refractivity contribution >= 4 is 18.1 Å². The summed E-state index contributed by atoms with van der Waals surface area (Å²) < 4.78 is 5.02. The molecule has 1 heterocycles. The molecule has 1 aromatic carbocycles. The maximum atomic E-state index is 11.0. The number of likely N-dealkylation sites (tertiary alicyclic amines) is 1. The number of nitro benzene ring substituents is 1. The van der Waals surface area contributed by atoms with Crippen LogP contribution in [-0.2, 0) is 6.54 Å². The fraction of sp³-hybridized carbons (Fsp3) is 0.571. The molecule has 1 aromatic rings. The quantitative estimate of drug-likeness (QED) is 0.666. The molecule has 0 bridgehead atoms. The van der Waals surface area contributed by atoms with Gasteiger partial charge in [0.25, 0.3) is 0 Å². The largest absolute Gasteiger partial charge is 0.490 e. The molecule has 0 amide bonds. The third-order valence-corrected chi connectivity index (χ3v) is 3.84. The van der Waals surface area contributed by atoms with Gasteiger partial charge in [-0.25, -0.2) is 0 Å². The van der Waals surface area contributed by atoms with Crippen molar-refractivity contribution in [1.29, 1.82) is 0 Å². The molecule has 0 aromatic heterocycles. The molecule has 0 atom stereocenters. The van der Waals surface area contributed by atoms with E-state index in [4.69, 9.17) is 4.74 Å². The van der Waals surface area contributed by atoms with E-state index in [1.807, 2.05) is 13.1 Å². The first-order valence-corrected chi connectivity index (χ1v) is 6.85. The van der Waals surface area contributed by atoms with Gasteiger partial charge < -0.3 is 10.1 Å². The highest BCUT2D eigenvalue weighted by Crippen LogP contribution is 2.28. The minimum Gasteiger partial charge on any atom is -0.490 e. The summed E-state index contributed by atoms with van der Waals surface area (Å²) in [6.07, 6.45) is 2.24. The average Bonchev–Trinajstić information content (AvgIpc) is 2.48. The lowest BCUT2D eigenvalue weighted by molar-refractivity contribution is -0.385. The Hall–Kier alpha value is -1.37. The fourth-order valence-corrected chi connectivity index (χ4v) is 2.61. The molecule has 0 saturated carbocycles. The van der Waals surface area contributed by atoms with Crippen LogP contribution >= 0.6 is 12.4 Å². The Kier molecular flexibility index (Phi) is 6.87. The monoisotopic (exact) mass is 315 g/mol. The lowest BCUT2D eigenvalue weighted by Crippen LogP contribution is -2.40. The van der Waals surface area contributed by atoms with Gasteiger partial charge in [0, 0.05) is 18.7 Å². The maximum Gasteiger partial charge on any atom is 0.311 e. The van der Waals surface area contributed by atoms with Crippen molar-refractivity contribution in [1.82, 2.24) is 10.2 Å². The van der Waals surface area contributed by atoms with Gasteiger partial charge in [0.2, 0.25) is 0 Å². The minimum absolute atomic E-state index is 0. The molecule has 1 N–H and O–H groups in total. The summed E-state index contributed by atoms with van der Waals surface area (Å²) in [7, 11) is 3.44. The van der Waals surface area contributed by atoms with Crippen LogP contribution in [0.4, 0.5) is 5.69 Å². The standard InChI is InChI=1S/C14H21N3O3.ClH/c1-15-12-5-7-16(8-6-12)10-11-3-4-14(20-2)13(9-11)17(18)19;/h3-4,9,12,15H,5-8,10H2,1-2H3;1H. The molecule has 21 heavy (non-hydrogen) atoms. The molecule has 0 spiro atoms. The lowest BCUT2D eigenvalue weighted by atomic mass is 10.0. The van der Waals surface area contributed by atoms with Crippen molar-refractivity contribution in [3.8, 4) is 5.75 Å². The van der Waals surface area contributed by atoms with E-state index in [1.54, 1.807) is 12.1 Å². The van der Waals surface area contributed by atoms with E-state index in [-0.39, 0.29) is 18.1 Å². The van der Waals surface area contributed by atoms with Gasteiger partial charge >= 0.3 is 5.69 Å². The van der Waals surface area contributed by atoms with Crippen LogP contribution in [0.5, 0.6) is 5.75 Å². The zero-order valence-electron chi connectivity index (χ0n) is 12.4. The highest BCUT2D eigenvalue weighted by atomic mass is 35.5. The van der Waals surface area contributed by atoms with Crippen molar-refractivity contribution < 1.29 is 9.66 Å². The fourth-order valence-electron chi connectivity index (χ4n) is 2.61. The molecule has 7 heteroatoms. The molecule has 118 valence electrons. The van der Waals surface area contributed by atoms with Crippen molar-refractivity contribution in [2.75, 3.05) is 27.2 Å². The number of halogens is 1. The molecule has 6 nitrogen and oxygen atoms in total. The van der Waals surface area contributed by atoms with E-state index in [1.165, 1.54) is 7.11 Å². The molecule has 1 aliphatic heterocycles. The summed E-state index contributed by atoms with van der Waals surface area (Å²) in [6.45, 7) is 2.79. The second kappa shape index (κ2) is 8.17. The number of piperidine rings is 1. The number of benzene rings is 1. The van der Waals surface area contributed by atoms with E-state index in [0.717, 1.165) is 38.0 Å². The van der Waals surface area contributed by atoms with Gasteiger partial charge in [-0.1, -0.05) is 6.07 Å². The number of nitrogens with one attached hydrogen (secondary N) is 1. The second-order valence-electron chi connectivity index (χ2n) is 5.10. The van der Waals surface area contributed by atoms with Gasteiger partial charge in [0.05, 0.1) is 12.0 Å². The summed E-state index contributed by atoms with van der Waals surface area (Å²) in [5.74, 6) is 0.313. The van der Waals surface area contributed by atoms with Crippen LogP contribution in [0.2, 0.25) is 0 Å². The Labute approximate surface area is 131 Å². The normalized spacial score (nSPS) is 16.3. The summed E-state index contributed by atoms with van der Waals surface area (Å²) in [4.78, 5) is 13.0. The molecule has 1 saturated heterocycles. The van der Waals surface area contributed by atoms with E-state index in [0.29, 0.717) is 11.8 Å². The molecule has 2 rings (SSSR count). The van der Waals surface area contributed by atoms with Crippen molar-refractivity contribution in [2.45, 2.75) is 25.4 Å². The van der Waals surface area contributed by atoms with Crippen LogP contribution in [0.3, 0.4) is 0 Å². The van der Waals surface area contributed by atoms with E-state index < -0.39 is 4.92 Å². The Morgan fingerprint density at radius 3 is 2.62 bits per heavy atom. The Morgan fingerprint density at radius 2 is 2.10 bits per heavy atom. The third-order valence-electron chi connectivity index (χ3n) is 3.84.